The van der Waals surface area contributed by atoms with Gasteiger partial charge < -0.3 is 20.9 Å². The van der Waals surface area contributed by atoms with Crippen LogP contribution in [-0.4, -0.2) is 27.2 Å². The van der Waals surface area contributed by atoms with Gasteiger partial charge in [0.2, 0.25) is 5.95 Å². The SMILES string of the molecule is Nc1ncc(Oc2ccc(Cl)cc2)c(N[C@H]2CC[C@H](O)C2)n1. The summed E-state index contributed by atoms with van der Waals surface area (Å²) in [6, 6.07) is 7.17. The minimum Gasteiger partial charge on any atom is -0.452 e. The van der Waals surface area contributed by atoms with E-state index in [1.807, 2.05) is 0 Å². The molecule has 1 saturated carbocycles. The highest BCUT2D eigenvalue weighted by Crippen LogP contribution is 2.31. The minimum atomic E-state index is -0.266. The fraction of sp³-hybridized carbons (Fsp3) is 0.333. The molecule has 1 aliphatic rings. The third-order valence-electron chi connectivity index (χ3n) is 3.56. The number of aliphatic hydroxyl groups excluding tert-OH is 1. The highest BCUT2D eigenvalue weighted by Gasteiger charge is 2.24. The number of ether oxygens (including phenoxy) is 1. The number of hydrogen-bond acceptors (Lipinski definition) is 6. The van der Waals surface area contributed by atoms with Gasteiger partial charge in [-0.3, -0.25) is 0 Å². The number of nitrogens with two attached hydrogens (primary N) is 1. The molecule has 22 heavy (non-hydrogen) atoms. The van der Waals surface area contributed by atoms with E-state index < -0.39 is 0 Å². The number of halogens is 1. The van der Waals surface area contributed by atoms with Gasteiger partial charge in [-0.15, -0.1) is 0 Å². The van der Waals surface area contributed by atoms with Gasteiger partial charge in [-0.05, 0) is 43.5 Å². The zero-order valence-electron chi connectivity index (χ0n) is 11.9. The standard InChI is InChI=1S/C15H17ClN4O2/c16-9-1-5-12(6-2-9)22-13-8-18-15(17)20-14(13)19-10-3-4-11(21)7-10/h1-2,5-6,8,10-11,21H,3-4,7H2,(H3,17,18,19,20)/t10-,11-/m0/s1. The third-order valence-corrected chi connectivity index (χ3v) is 3.81. The maximum Gasteiger partial charge on any atom is 0.222 e. The predicted octanol–water partition coefficient (Wildman–Crippen LogP) is 2.83. The number of aromatic nitrogens is 2. The highest BCUT2D eigenvalue weighted by molar-refractivity contribution is 6.30. The summed E-state index contributed by atoms with van der Waals surface area (Å²) in [6.07, 6.45) is 3.61. The first kappa shape index (κ1) is 14.9. The van der Waals surface area contributed by atoms with Gasteiger partial charge in [0.1, 0.15) is 5.75 Å². The summed E-state index contributed by atoms with van der Waals surface area (Å²) in [5.74, 6) is 1.82. The Morgan fingerprint density at radius 1 is 1.27 bits per heavy atom. The monoisotopic (exact) mass is 320 g/mol. The molecular formula is C15H17ClN4O2. The van der Waals surface area contributed by atoms with Crippen LogP contribution in [0.4, 0.5) is 11.8 Å². The van der Waals surface area contributed by atoms with Crippen molar-refractivity contribution in [2.24, 2.45) is 0 Å². The first-order chi connectivity index (χ1) is 10.6. The van der Waals surface area contributed by atoms with E-state index >= 15 is 0 Å². The summed E-state index contributed by atoms with van der Waals surface area (Å²) >= 11 is 5.86. The molecular weight excluding hydrogens is 304 g/mol. The van der Waals surface area contributed by atoms with Gasteiger partial charge in [-0.25, -0.2) is 4.98 Å². The predicted molar refractivity (Wildman–Crippen MR) is 85.2 cm³/mol. The molecule has 1 heterocycles. The Morgan fingerprint density at radius 2 is 2.05 bits per heavy atom. The van der Waals surface area contributed by atoms with Crippen molar-refractivity contribution < 1.29 is 9.84 Å². The number of aliphatic hydroxyl groups is 1. The molecule has 0 radical (unpaired) electrons. The molecule has 0 spiro atoms. The molecule has 6 nitrogen and oxygen atoms in total. The van der Waals surface area contributed by atoms with Crippen LogP contribution < -0.4 is 15.8 Å². The summed E-state index contributed by atoms with van der Waals surface area (Å²) < 4.78 is 5.79. The summed E-state index contributed by atoms with van der Waals surface area (Å²) in [4.78, 5) is 8.17. The Kier molecular flexibility index (Phi) is 4.31. The molecule has 116 valence electrons. The van der Waals surface area contributed by atoms with Gasteiger partial charge in [0, 0.05) is 11.1 Å². The molecule has 1 fully saturated rings. The van der Waals surface area contributed by atoms with E-state index in [-0.39, 0.29) is 18.1 Å². The number of rotatable bonds is 4. The molecule has 0 amide bonds. The maximum absolute atomic E-state index is 9.62. The number of nitrogens with one attached hydrogen (secondary N) is 1. The topological polar surface area (TPSA) is 93.3 Å². The minimum absolute atomic E-state index is 0.150. The molecule has 1 aromatic carbocycles. The van der Waals surface area contributed by atoms with Gasteiger partial charge in [0.15, 0.2) is 11.6 Å². The van der Waals surface area contributed by atoms with Crippen molar-refractivity contribution in [1.29, 1.82) is 0 Å². The van der Waals surface area contributed by atoms with Crippen LogP contribution >= 0.6 is 11.6 Å². The van der Waals surface area contributed by atoms with Crippen LogP contribution in [0.25, 0.3) is 0 Å². The molecule has 4 N–H and O–H groups in total. The van der Waals surface area contributed by atoms with Crippen LogP contribution in [0.2, 0.25) is 5.02 Å². The normalized spacial score (nSPS) is 20.8. The van der Waals surface area contributed by atoms with Crippen molar-refractivity contribution in [2.45, 2.75) is 31.4 Å². The van der Waals surface area contributed by atoms with E-state index in [0.717, 1.165) is 12.8 Å². The lowest BCUT2D eigenvalue weighted by Gasteiger charge is -2.16. The van der Waals surface area contributed by atoms with Crippen LogP contribution in [0.3, 0.4) is 0 Å². The average molecular weight is 321 g/mol. The Balaban J connectivity index is 1.79. The lowest BCUT2D eigenvalue weighted by molar-refractivity contribution is 0.182. The average Bonchev–Trinajstić information content (AvgIpc) is 2.89. The number of nitrogens with zero attached hydrogens (tertiary/aromatic N) is 2. The highest BCUT2D eigenvalue weighted by atomic mass is 35.5. The molecule has 2 aromatic rings. The Morgan fingerprint density at radius 3 is 2.73 bits per heavy atom. The summed E-state index contributed by atoms with van der Waals surface area (Å²) in [5.41, 5.74) is 5.66. The van der Waals surface area contributed by atoms with Crippen LogP contribution in [0.5, 0.6) is 11.5 Å². The van der Waals surface area contributed by atoms with Crippen LogP contribution in [0.1, 0.15) is 19.3 Å². The fourth-order valence-electron chi connectivity index (χ4n) is 2.47. The zero-order valence-corrected chi connectivity index (χ0v) is 12.6. The largest absolute Gasteiger partial charge is 0.452 e. The van der Waals surface area contributed by atoms with Gasteiger partial charge in [-0.1, -0.05) is 11.6 Å². The number of hydrogen-bond donors (Lipinski definition) is 3. The van der Waals surface area contributed by atoms with Gasteiger partial charge in [0.25, 0.3) is 0 Å². The molecule has 3 rings (SSSR count). The number of nitrogen functional groups attached to an aromatic ring is 1. The van der Waals surface area contributed by atoms with E-state index in [2.05, 4.69) is 15.3 Å². The second-order valence-electron chi connectivity index (χ2n) is 5.31. The molecule has 0 saturated heterocycles. The Hall–Kier alpha value is -2.05. The van der Waals surface area contributed by atoms with Crippen molar-refractivity contribution in [3.05, 3.63) is 35.5 Å². The van der Waals surface area contributed by atoms with Crippen LogP contribution in [0.15, 0.2) is 30.5 Å². The zero-order chi connectivity index (χ0) is 15.5. The van der Waals surface area contributed by atoms with Crippen molar-refractivity contribution in [3.63, 3.8) is 0 Å². The second-order valence-corrected chi connectivity index (χ2v) is 5.74. The first-order valence-electron chi connectivity index (χ1n) is 7.10. The van der Waals surface area contributed by atoms with Gasteiger partial charge >= 0.3 is 0 Å². The molecule has 0 unspecified atom stereocenters. The lowest BCUT2D eigenvalue weighted by atomic mass is 10.2. The quantitative estimate of drug-likeness (QED) is 0.802. The van der Waals surface area contributed by atoms with E-state index in [0.29, 0.717) is 28.8 Å². The number of anilines is 2. The first-order valence-corrected chi connectivity index (χ1v) is 7.48. The van der Waals surface area contributed by atoms with Crippen molar-refractivity contribution in [2.75, 3.05) is 11.1 Å². The van der Waals surface area contributed by atoms with Crippen molar-refractivity contribution in [3.8, 4) is 11.5 Å². The summed E-state index contributed by atoms with van der Waals surface area (Å²) in [7, 11) is 0. The van der Waals surface area contributed by atoms with E-state index in [4.69, 9.17) is 22.1 Å². The maximum atomic E-state index is 9.62. The van der Waals surface area contributed by atoms with Crippen molar-refractivity contribution in [1.82, 2.24) is 9.97 Å². The molecule has 2 atom stereocenters. The van der Waals surface area contributed by atoms with E-state index in [9.17, 15) is 5.11 Å². The summed E-state index contributed by atoms with van der Waals surface area (Å²) in [6.45, 7) is 0. The molecule has 1 aromatic heterocycles. The van der Waals surface area contributed by atoms with E-state index in [1.165, 1.54) is 6.20 Å². The van der Waals surface area contributed by atoms with Gasteiger partial charge in [0.05, 0.1) is 12.3 Å². The summed E-state index contributed by atoms with van der Waals surface area (Å²) in [5, 5.41) is 13.5. The van der Waals surface area contributed by atoms with Gasteiger partial charge in [-0.2, -0.15) is 4.98 Å². The van der Waals surface area contributed by atoms with Crippen LogP contribution in [0, 0.1) is 0 Å². The molecule has 0 bridgehead atoms. The number of benzene rings is 1. The van der Waals surface area contributed by atoms with Crippen molar-refractivity contribution >= 4 is 23.4 Å². The third kappa shape index (κ3) is 3.58. The smallest absolute Gasteiger partial charge is 0.222 e. The lowest BCUT2D eigenvalue weighted by Crippen LogP contribution is -2.18. The molecule has 0 aliphatic heterocycles. The second kappa shape index (κ2) is 6.37. The van der Waals surface area contributed by atoms with Crippen LogP contribution in [-0.2, 0) is 0 Å². The Bertz CT molecular complexity index is 650. The molecule has 1 aliphatic carbocycles. The Labute approximate surface area is 133 Å². The van der Waals surface area contributed by atoms with E-state index in [1.54, 1.807) is 24.3 Å². The fourth-order valence-corrected chi connectivity index (χ4v) is 2.60. The molecule has 7 heteroatoms.